The number of esters is 1. The summed E-state index contributed by atoms with van der Waals surface area (Å²) in [5, 5.41) is 6.15. The summed E-state index contributed by atoms with van der Waals surface area (Å²) < 4.78 is 11.5. The number of anilines is 1. The molecule has 8 nitrogen and oxygen atoms in total. The van der Waals surface area contributed by atoms with Gasteiger partial charge in [-0.1, -0.05) is 72.8 Å². The fraction of sp³-hybridized carbons (Fsp3) is 0.323. The summed E-state index contributed by atoms with van der Waals surface area (Å²) in [7, 11) is 0. The molecule has 0 spiro atoms. The Morgan fingerprint density at radius 2 is 1.54 bits per heavy atom. The monoisotopic (exact) mass is 527 g/mol. The van der Waals surface area contributed by atoms with Gasteiger partial charge in [-0.2, -0.15) is 0 Å². The maximum atomic E-state index is 13.4. The maximum Gasteiger partial charge on any atom is 0.340 e. The molecule has 5 rings (SSSR count). The quantitative estimate of drug-likeness (QED) is 0.410. The summed E-state index contributed by atoms with van der Waals surface area (Å²) in [6, 6.07) is 25.1. The molecule has 2 amide bonds. The Balaban J connectivity index is 1.17. The number of amides is 2. The molecule has 8 heteroatoms. The van der Waals surface area contributed by atoms with Crippen LogP contribution in [0.5, 0.6) is 0 Å². The van der Waals surface area contributed by atoms with E-state index in [1.54, 1.807) is 29.2 Å². The van der Waals surface area contributed by atoms with Crippen molar-refractivity contribution in [2.24, 2.45) is 0 Å². The first-order chi connectivity index (χ1) is 19.1. The Hall–Kier alpha value is -4.01. The molecule has 39 heavy (non-hydrogen) atoms. The van der Waals surface area contributed by atoms with E-state index in [0.29, 0.717) is 38.2 Å². The normalized spacial score (nSPS) is 20.5. The number of nitrogens with one attached hydrogen (secondary N) is 2. The van der Waals surface area contributed by atoms with Gasteiger partial charge in [0, 0.05) is 13.1 Å². The minimum absolute atomic E-state index is 0.0668. The van der Waals surface area contributed by atoms with Crippen molar-refractivity contribution in [3.05, 3.63) is 102 Å². The lowest BCUT2D eigenvalue weighted by Gasteiger charge is -2.27. The Morgan fingerprint density at radius 1 is 0.872 bits per heavy atom. The number of para-hydroxylation sites is 1. The fourth-order valence-corrected chi connectivity index (χ4v) is 5.10. The Labute approximate surface area is 228 Å². The van der Waals surface area contributed by atoms with Gasteiger partial charge in [-0.05, 0) is 42.5 Å². The minimum atomic E-state index is -0.600. The van der Waals surface area contributed by atoms with Crippen molar-refractivity contribution in [3.63, 3.8) is 0 Å². The molecule has 2 aliphatic heterocycles. The average molecular weight is 528 g/mol. The molecule has 3 atom stereocenters. The van der Waals surface area contributed by atoms with E-state index in [2.05, 4.69) is 10.6 Å². The van der Waals surface area contributed by atoms with Gasteiger partial charge in [-0.25, -0.2) is 4.79 Å². The Morgan fingerprint density at radius 3 is 2.28 bits per heavy atom. The molecular formula is C31H33N3O5. The lowest BCUT2D eigenvalue weighted by atomic mass is 10.1. The average Bonchev–Trinajstić information content (AvgIpc) is 3.66. The number of hydrogen-bond acceptors (Lipinski definition) is 6. The van der Waals surface area contributed by atoms with Crippen LogP contribution in [-0.4, -0.2) is 54.0 Å². The summed E-state index contributed by atoms with van der Waals surface area (Å²) in [6.07, 6.45) is 1.80. The van der Waals surface area contributed by atoms with Crippen molar-refractivity contribution in [2.45, 2.75) is 50.7 Å². The molecule has 3 aromatic rings. The number of ether oxygens (including phenoxy) is 2. The van der Waals surface area contributed by atoms with Crippen molar-refractivity contribution in [1.82, 2.24) is 10.2 Å². The van der Waals surface area contributed by atoms with Crippen LogP contribution in [0.15, 0.2) is 84.9 Å². The van der Waals surface area contributed by atoms with Crippen molar-refractivity contribution >= 4 is 23.5 Å². The number of nitrogens with zero attached hydrogens (tertiary/aromatic N) is 1. The summed E-state index contributed by atoms with van der Waals surface area (Å²) in [5.74, 6) is -0.918. The highest BCUT2D eigenvalue weighted by Gasteiger charge is 2.40. The number of benzene rings is 3. The van der Waals surface area contributed by atoms with Crippen LogP contribution >= 0.6 is 0 Å². The first kappa shape index (κ1) is 26.6. The second-order valence-corrected chi connectivity index (χ2v) is 9.90. The third-order valence-corrected chi connectivity index (χ3v) is 7.17. The van der Waals surface area contributed by atoms with Crippen molar-refractivity contribution in [2.75, 3.05) is 18.4 Å². The van der Waals surface area contributed by atoms with E-state index in [1.807, 2.05) is 60.7 Å². The van der Waals surface area contributed by atoms with Gasteiger partial charge in [-0.3, -0.25) is 9.59 Å². The van der Waals surface area contributed by atoms with Crippen molar-refractivity contribution in [1.29, 1.82) is 0 Å². The van der Waals surface area contributed by atoms with E-state index in [4.69, 9.17) is 9.47 Å². The second kappa shape index (κ2) is 12.7. The summed E-state index contributed by atoms with van der Waals surface area (Å²) in [4.78, 5) is 41.2. The van der Waals surface area contributed by atoms with Crippen LogP contribution < -0.4 is 10.6 Å². The molecule has 3 aromatic carbocycles. The van der Waals surface area contributed by atoms with Crippen molar-refractivity contribution in [3.8, 4) is 0 Å². The molecule has 2 aliphatic rings. The number of rotatable bonds is 9. The fourth-order valence-electron chi connectivity index (χ4n) is 5.10. The second-order valence-electron chi connectivity index (χ2n) is 9.90. The minimum Gasteiger partial charge on any atom is -0.457 e. The molecule has 0 radical (unpaired) electrons. The molecular weight excluding hydrogens is 494 g/mol. The zero-order valence-corrected chi connectivity index (χ0v) is 21.8. The van der Waals surface area contributed by atoms with Gasteiger partial charge in [0.1, 0.15) is 12.6 Å². The molecule has 2 saturated heterocycles. The third-order valence-electron chi connectivity index (χ3n) is 7.17. The Kier molecular flexibility index (Phi) is 8.65. The van der Waals surface area contributed by atoms with Gasteiger partial charge in [0.05, 0.1) is 30.0 Å². The number of hydrogen-bond donors (Lipinski definition) is 2. The van der Waals surface area contributed by atoms with Crippen LogP contribution in [0, 0.1) is 0 Å². The van der Waals surface area contributed by atoms with Gasteiger partial charge >= 0.3 is 5.97 Å². The molecule has 2 N–H and O–H groups in total. The number of carbonyl (C=O) groups excluding carboxylic acids is 3. The highest BCUT2D eigenvalue weighted by atomic mass is 16.5. The van der Waals surface area contributed by atoms with Crippen LogP contribution in [0.25, 0.3) is 0 Å². The highest BCUT2D eigenvalue weighted by Crippen LogP contribution is 2.24. The zero-order valence-electron chi connectivity index (χ0n) is 21.8. The highest BCUT2D eigenvalue weighted by molar-refractivity contribution is 6.04. The molecule has 0 aromatic heterocycles. The lowest BCUT2D eigenvalue weighted by Crippen LogP contribution is -2.49. The van der Waals surface area contributed by atoms with E-state index < -0.39 is 12.0 Å². The molecule has 202 valence electrons. The van der Waals surface area contributed by atoms with Gasteiger partial charge in [0.15, 0.2) is 0 Å². The van der Waals surface area contributed by atoms with E-state index in [0.717, 1.165) is 17.5 Å². The predicted octanol–water partition coefficient (Wildman–Crippen LogP) is 3.92. The van der Waals surface area contributed by atoms with Crippen LogP contribution in [0.1, 0.15) is 40.7 Å². The summed E-state index contributed by atoms with van der Waals surface area (Å²) in [5.41, 5.74) is 2.61. The molecule has 2 fully saturated rings. The largest absolute Gasteiger partial charge is 0.457 e. The van der Waals surface area contributed by atoms with E-state index in [1.165, 1.54) is 0 Å². The number of likely N-dealkylation sites (tertiary alicyclic amines) is 1. The van der Waals surface area contributed by atoms with Gasteiger partial charge < -0.3 is 25.0 Å². The first-order valence-corrected chi connectivity index (χ1v) is 13.4. The Bertz CT molecular complexity index is 1280. The molecule has 0 unspecified atom stereocenters. The van der Waals surface area contributed by atoms with Crippen LogP contribution in [0.3, 0.4) is 0 Å². The first-order valence-electron chi connectivity index (χ1n) is 13.4. The van der Waals surface area contributed by atoms with E-state index in [-0.39, 0.29) is 36.1 Å². The summed E-state index contributed by atoms with van der Waals surface area (Å²) >= 11 is 0. The van der Waals surface area contributed by atoms with E-state index in [9.17, 15) is 14.4 Å². The van der Waals surface area contributed by atoms with Gasteiger partial charge in [0.2, 0.25) is 11.8 Å². The summed E-state index contributed by atoms with van der Waals surface area (Å²) in [6.45, 7) is 1.74. The topological polar surface area (TPSA) is 97.0 Å². The van der Waals surface area contributed by atoms with Gasteiger partial charge in [0.25, 0.3) is 0 Å². The molecule has 0 saturated carbocycles. The maximum absolute atomic E-state index is 13.4. The van der Waals surface area contributed by atoms with Crippen LogP contribution in [0.2, 0.25) is 0 Å². The molecule has 0 bridgehead atoms. The third kappa shape index (κ3) is 6.71. The SMILES string of the molecule is O=C(OCc1ccccc1)c1ccccc1NC(=O)[C@@H]1CCCN1C(=O)[C@@H]1C[C@@H](OCc2ccccc2)CN1. The standard InChI is InChI=1S/C31H33N3O5/c35-29(33-26-15-8-7-14-25(26)31(37)39-21-23-12-5-2-6-13-23)28-16-9-17-34(28)30(36)27-18-24(19-32-27)38-20-22-10-3-1-4-11-22/h1-8,10-15,24,27-28,32H,9,16-21H2,(H,33,35)/t24-,27+,28+/m1/s1. The molecule has 0 aliphatic carbocycles. The number of carbonyl (C=O) groups is 3. The zero-order chi connectivity index (χ0) is 27.0. The predicted molar refractivity (Wildman–Crippen MR) is 147 cm³/mol. The van der Waals surface area contributed by atoms with Crippen LogP contribution in [-0.2, 0) is 32.3 Å². The lowest BCUT2D eigenvalue weighted by molar-refractivity contribution is -0.138. The van der Waals surface area contributed by atoms with E-state index >= 15 is 0 Å². The molecule has 2 heterocycles. The van der Waals surface area contributed by atoms with Crippen molar-refractivity contribution < 1.29 is 23.9 Å². The van der Waals surface area contributed by atoms with Crippen LogP contribution in [0.4, 0.5) is 5.69 Å². The smallest absolute Gasteiger partial charge is 0.340 e. The van der Waals surface area contributed by atoms with Gasteiger partial charge in [-0.15, -0.1) is 0 Å².